The summed E-state index contributed by atoms with van der Waals surface area (Å²) in [6.07, 6.45) is 1.40. The van der Waals surface area contributed by atoms with Crippen LogP contribution in [-0.4, -0.2) is 31.7 Å². The van der Waals surface area contributed by atoms with E-state index in [1.807, 2.05) is 51.1 Å². The first-order chi connectivity index (χ1) is 13.3. The monoisotopic (exact) mass is 422 g/mol. The predicted molar refractivity (Wildman–Crippen MR) is 113 cm³/mol. The van der Waals surface area contributed by atoms with Crippen molar-refractivity contribution in [3.05, 3.63) is 64.7 Å². The molecule has 0 aromatic heterocycles. The van der Waals surface area contributed by atoms with Crippen molar-refractivity contribution in [2.24, 2.45) is 0 Å². The summed E-state index contributed by atoms with van der Waals surface area (Å²) in [5, 5.41) is 3.02. The highest BCUT2D eigenvalue weighted by molar-refractivity contribution is 7.89. The number of nitrogens with one attached hydrogen (secondary N) is 1. The van der Waals surface area contributed by atoms with E-state index in [9.17, 15) is 13.2 Å². The number of benzene rings is 2. The lowest BCUT2D eigenvalue weighted by atomic mass is 10.1. The van der Waals surface area contributed by atoms with Crippen LogP contribution in [0.15, 0.2) is 53.4 Å². The van der Waals surface area contributed by atoms with Gasteiger partial charge in [-0.25, -0.2) is 8.42 Å². The minimum Gasteiger partial charge on any atom is -0.346 e. The van der Waals surface area contributed by atoms with Crippen molar-refractivity contribution < 1.29 is 13.2 Å². The molecule has 0 spiro atoms. The van der Waals surface area contributed by atoms with E-state index in [0.717, 1.165) is 5.56 Å². The second-order valence-corrected chi connectivity index (χ2v) is 8.97. The maximum absolute atomic E-state index is 13.1. The van der Waals surface area contributed by atoms with E-state index in [4.69, 9.17) is 11.6 Å². The Morgan fingerprint density at radius 1 is 1.07 bits per heavy atom. The Hall–Kier alpha value is -1.89. The quantitative estimate of drug-likeness (QED) is 0.640. The second kappa shape index (κ2) is 10.0. The average Bonchev–Trinajstić information content (AvgIpc) is 2.68. The third-order valence-electron chi connectivity index (χ3n) is 4.40. The van der Waals surface area contributed by atoms with Gasteiger partial charge in [0.25, 0.3) is 5.91 Å². The first kappa shape index (κ1) is 22.4. The Labute approximate surface area is 172 Å². The zero-order valence-electron chi connectivity index (χ0n) is 16.5. The molecule has 2 aromatic rings. The Balaban J connectivity index is 2.30. The summed E-state index contributed by atoms with van der Waals surface area (Å²) >= 11 is 6.19. The Morgan fingerprint density at radius 2 is 1.68 bits per heavy atom. The van der Waals surface area contributed by atoms with Crippen LogP contribution in [-0.2, 0) is 10.0 Å². The first-order valence-electron chi connectivity index (χ1n) is 9.46. The third-order valence-corrected chi connectivity index (χ3v) is 6.78. The maximum atomic E-state index is 13.1. The van der Waals surface area contributed by atoms with Gasteiger partial charge in [-0.1, -0.05) is 55.8 Å². The van der Waals surface area contributed by atoms with Crippen LogP contribution in [0.1, 0.15) is 55.6 Å². The molecule has 0 bridgehead atoms. The van der Waals surface area contributed by atoms with Gasteiger partial charge in [-0.3, -0.25) is 4.79 Å². The lowest BCUT2D eigenvalue weighted by Crippen LogP contribution is -2.33. The SMILES string of the molecule is CCCN(CCC)S(=O)(=O)c1cc(C(=O)NC(C)c2ccccc2)ccc1Cl. The first-order valence-corrected chi connectivity index (χ1v) is 11.3. The number of carbonyl (C=O) groups is 1. The number of nitrogens with zero attached hydrogens (tertiary/aromatic N) is 1. The van der Waals surface area contributed by atoms with E-state index < -0.39 is 10.0 Å². The van der Waals surface area contributed by atoms with E-state index in [1.165, 1.54) is 16.4 Å². The Morgan fingerprint density at radius 3 is 2.25 bits per heavy atom. The topological polar surface area (TPSA) is 66.5 Å². The van der Waals surface area contributed by atoms with Crippen molar-refractivity contribution in [1.82, 2.24) is 9.62 Å². The zero-order chi connectivity index (χ0) is 20.7. The Bertz CT molecular complexity index is 895. The van der Waals surface area contributed by atoms with Gasteiger partial charge in [0.2, 0.25) is 10.0 Å². The summed E-state index contributed by atoms with van der Waals surface area (Å²) in [6, 6.07) is 13.7. The molecule has 1 atom stereocenters. The van der Waals surface area contributed by atoms with Gasteiger partial charge in [-0.15, -0.1) is 0 Å². The maximum Gasteiger partial charge on any atom is 0.251 e. The van der Waals surface area contributed by atoms with Gasteiger partial charge in [0.15, 0.2) is 0 Å². The van der Waals surface area contributed by atoms with Gasteiger partial charge in [-0.05, 0) is 43.5 Å². The van der Waals surface area contributed by atoms with Crippen molar-refractivity contribution in [3.8, 4) is 0 Å². The summed E-state index contributed by atoms with van der Waals surface area (Å²) in [6.45, 7) is 6.55. The molecule has 0 radical (unpaired) electrons. The molecule has 7 heteroatoms. The van der Waals surface area contributed by atoms with Crippen LogP contribution in [0.3, 0.4) is 0 Å². The molecule has 152 valence electrons. The second-order valence-electron chi connectivity index (χ2n) is 6.66. The van der Waals surface area contributed by atoms with Crippen LogP contribution in [0.5, 0.6) is 0 Å². The lowest BCUT2D eigenvalue weighted by Gasteiger charge is -2.22. The van der Waals surface area contributed by atoms with Crippen LogP contribution >= 0.6 is 11.6 Å². The normalized spacial score (nSPS) is 12.8. The molecule has 0 fully saturated rings. The molecule has 28 heavy (non-hydrogen) atoms. The summed E-state index contributed by atoms with van der Waals surface area (Å²) in [4.78, 5) is 12.6. The highest BCUT2D eigenvalue weighted by atomic mass is 35.5. The van der Waals surface area contributed by atoms with Gasteiger partial charge in [0.05, 0.1) is 11.1 Å². The molecule has 0 heterocycles. The van der Waals surface area contributed by atoms with Crippen molar-refractivity contribution in [1.29, 1.82) is 0 Å². The highest BCUT2D eigenvalue weighted by Gasteiger charge is 2.27. The average molecular weight is 423 g/mol. The molecule has 2 rings (SSSR count). The number of carbonyl (C=O) groups excluding carboxylic acids is 1. The summed E-state index contributed by atoms with van der Waals surface area (Å²) < 4.78 is 27.5. The van der Waals surface area contributed by atoms with Gasteiger partial charge < -0.3 is 5.32 Å². The van der Waals surface area contributed by atoms with Gasteiger partial charge >= 0.3 is 0 Å². The van der Waals surface area contributed by atoms with Gasteiger partial charge in [-0.2, -0.15) is 4.31 Å². The van der Waals surface area contributed by atoms with Crippen LogP contribution in [0.25, 0.3) is 0 Å². The lowest BCUT2D eigenvalue weighted by molar-refractivity contribution is 0.0939. The van der Waals surface area contributed by atoms with Crippen molar-refractivity contribution in [2.75, 3.05) is 13.1 Å². The zero-order valence-corrected chi connectivity index (χ0v) is 18.1. The number of sulfonamides is 1. The molecule has 2 aromatic carbocycles. The number of rotatable bonds is 9. The molecule has 0 aliphatic heterocycles. The minimum absolute atomic E-state index is 0.0314. The van der Waals surface area contributed by atoms with Gasteiger partial charge in [0.1, 0.15) is 4.90 Å². The van der Waals surface area contributed by atoms with E-state index >= 15 is 0 Å². The van der Waals surface area contributed by atoms with Crippen LogP contribution < -0.4 is 5.32 Å². The number of hydrogen-bond donors (Lipinski definition) is 1. The molecule has 0 aliphatic rings. The molecular weight excluding hydrogens is 396 g/mol. The molecular formula is C21H27ClN2O3S. The molecule has 1 N–H and O–H groups in total. The predicted octanol–water partition coefficient (Wildman–Crippen LogP) is 4.64. The molecule has 1 amide bonds. The van der Waals surface area contributed by atoms with E-state index in [1.54, 1.807) is 6.07 Å². The van der Waals surface area contributed by atoms with Gasteiger partial charge in [0, 0.05) is 18.7 Å². The Kier molecular flexibility index (Phi) is 8.04. The van der Waals surface area contributed by atoms with E-state index in [-0.39, 0.29) is 27.4 Å². The summed E-state index contributed by atoms with van der Waals surface area (Å²) in [5.74, 6) is -0.345. The van der Waals surface area contributed by atoms with Crippen molar-refractivity contribution >= 4 is 27.5 Å². The van der Waals surface area contributed by atoms with E-state index in [0.29, 0.717) is 25.9 Å². The van der Waals surface area contributed by atoms with Crippen LogP contribution in [0.4, 0.5) is 0 Å². The number of halogens is 1. The summed E-state index contributed by atoms with van der Waals surface area (Å²) in [5.41, 5.74) is 1.23. The molecule has 5 nitrogen and oxygen atoms in total. The highest BCUT2D eigenvalue weighted by Crippen LogP contribution is 2.26. The molecule has 1 unspecified atom stereocenters. The number of amides is 1. The van der Waals surface area contributed by atoms with E-state index in [2.05, 4.69) is 5.32 Å². The standard InChI is InChI=1S/C21H27ClN2O3S/c1-4-13-24(14-5-2)28(26,27)20-15-18(11-12-19(20)22)21(25)23-16(3)17-9-7-6-8-10-17/h6-12,15-16H,4-5,13-14H2,1-3H3,(H,23,25). The van der Waals surface area contributed by atoms with Crippen LogP contribution in [0.2, 0.25) is 5.02 Å². The fourth-order valence-electron chi connectivity index (χ4n) is 2.94. The minimum atomic E-state index is -3.77. The van der Waals surface area contributed by atoms with Crippen LogP contribution in [0, 0.1) is 0 Å². The number of hydrogen-bond acceptors (Lipinski definition) is 3. The molecule has 0 aliphatic carbocycles. The fourth-order valence-corrected chi connectivity index (χ4v) is 5.06. The molecule has 0 saturated carbocycles. The van der Waals surface area contributed by atoms with Crippen molar-refractivity contribution in [2.45, 2.75) is 44.6 Å². The van der Waals surface area contributed by atoms with Crippen molar-refractivity contribution in [3.63, 3.8) is 0 Å². The molecule has 0 saturated heterocycles. The third kappa shape index (κ3) is 5.34. The summed E-state index contributed by atoms with van der Waals surface area (Å²) in [7, 11) is -3.77. The smallest absolute Gasteiger partial charge is 0.251 e. The largest absolute Gasteiger partial charge is 0.346 e. The fraction of sp³-hybridized carbons (Fsp3) is 0.381.